The van der Waals surface area contributed by atoms with Crippen molar-refractivity contribution in [2.24, 2.45) is 0 Å². The molecule has 1 N–H and O–H groups in total. The predicted molar refractivity (Wildman–Crippen MR) is 58.8 cm³/mol. The molecule has 0 aliphatic carbocycles. The fourth-order valence-corrected chi connectivity index (χ4v) is 1.47. The first-order chi connectivity index (χ1) is 7.72. The van der Waals surface area contributed by atoms with Gasteiger partial charge in [0.05, 0.1) is 18.4 Å². The lowest BCUT2D eigenvalue weighted by atomic mass is 10.2. The normalized spacial score (nSPS) is 10.1. The highest BCUT2D eigenvalue weighted by atomic mass is 16.5. The number of methoxy groups -OCH3 is 1. The topological polar surface area (TPSA) is 51.5 Å². The molecule has 4 nitrogen and oxygen atoms in total. The van der Waals surface area contributed by atoms with Gasteiger partial charge in [0.25, 0.3) is 0 Å². The van der Waals surface area contributed by atoms with E-state index in [0.29, 0.717) is 11.3 Å². The number of ether oxygens (including phenoxy) is 1. The predicted octanol–water partition coefficient (Wildman–Crippen LogP) is 1.97. The lowest BCUT2D eigenvalue weighted by Crippen LogP contribution is -2.02. The number of aromatic nitrogens is 1. The molecule has 0 unspecified atom stereocenters. The summed E-state index contributed by atoms with van der Waals surface area (Å²) in [7, 11) is 1.32. The summed E-state index contributed by atoms with van der Waals surface area (Å²) in [5, 5.41) is 9.69. The van der Waals surface area contributed by atoms with Crippen LogP contribution in [0.4, 0.5) is 0 Å². The number of carbonyl (C=O) groups is 1. The summed E-state index contributed by atoms with van der Waals surface area (Å²) in [5.41, 5.74) is 0.955. The van der Waals surface area contributed by atoms with Crippen molar-refractivity contribution in [1.82, 2.24) is 4.57 Å². The minimum Gasteiger partial charge on any atom is -0.506 e. The number of esters is 1. The molecule has 0 saturated heterocycles. The number of phenolic OH excluding ortho intramolecular Hbond substituents is 1. The minimum absolute atomic E-state index is 0.115. The second-order valence-electron chi connectivity index (χ2n) is 3.29. The number of rotatable bonds is 2. The standard InChI is InChI=1S/C12H11NO3/c1-16-12(15)9-4-5-11(14)10(8-9)13-6-2-3-7-13/h2-8,14H,1H3. The zero-order chi connectivity index (χ0) is 11.5. The first-order valence-electron chi connectivity index (χ1n) is 4.77. The van der Waals surface area contributed by atoms with Crippen LogP contribution in [0.1, 0.15) is 10.4 Å². The Morgan fingerprint density at radius 3 is 2.62 bits per heavy atom. The Bertz CT molecular complexity index is 503. The van der Waals surface area contributed by atoms with E-state index < -0.39 is 5.97 Å². The molecule has 0 saturated carbocycles. The summed E-state index contributed by atoms with van der Waals surface area (Å²) < 4.78 is 6.34. The maximum Gasteiger partial charge on any atom is 0.337 e. The van der Waals surface area contributed by atoms with E-state index in [2.05, 4.69) is 4.74 Å². The fraction of sp³-hybridized carbons (Fsp3) is 0.0833. The van der Waals surface area contributed by atoms with Gasteiger partial charge in [-0.15, -0.1) is 0 Å². The Morgan fingerprint density at radius 1 is 1.31 bits per heavy atom. The third-order valence-corrected chi connectivity index (χ3v) is 2.28. The van der Waals surface area contributed by atoms with Crippen LogP contribution < -0.4 is 0 Å². The molecule has 2 rings (SSSR count). The molecule has 0 atom stereocenters. The van der Waals surface area contributed by atoms with Gasteiger partial charge < -0.3 is 14.4 Å². The van der Waals surface area contributed by atoms with Gasteiger partial charge in [-0.1, -0.05) is 0 Å². The van der Waals surface area contributed by atoms with Gasteiger partial charge in [0.15, 0.2) is 0 Å². The summed E-state index contributed by atoms with van der Waals surface area (Å²) in [6.07, 6.45) is 3.58. The molecule has 1 aromatic heterocycles. The number of nitrogens with zero attached hydrogens (tertiary/aromatic N) is 1. The maximum atomic E-state index is 11.3. The van der Waals surface area contributed by atoms with Crippen LogP contribution in [-0.2, 0) is 4.74 Å². The third kappa shape index (κ3) is 1.77. The number of benzene rings is 1. The number of carbonyl (C=O) groups excluding carboxylic acids is 1. The molecule has 82 valence electrons. The zero-order valence-corrected chi connectivity index (χ0v) is 8.75. The smallest absolute Gasteiger partial charge is 0.337 e. The van der Waals surface area contributed by atoms with Crippen LogP contribution in [0.2, 0.25) is 0 Å². The summed E-state index contributed by atoms with van der Waals surface area (Å²) in [4.78, 5) is 11.3. The van der Waals surface area contributed by atoms with Crippen LogP contribution in [-0.4, -0.2) is 22.8 Å². The highest BCUT2D eigenvalue weighted by molar-refractivity contribution is 5.90. The molecule has 0 aliphatic heterocycles. The monoisotopic (exact) mass is 217 g/mol. The summed E-state index contributed by atoms with van der Waals surface area (Å²) in [5.74, 6) is -0.308. The maximum absolute atomic E-state index is 11.3. The van der Waals surface area contributed by atoms with E-state index in [-0.39, 0.29) is 5.75 Å². The Kier molecular flexibility index (Phi) is 2.64. The van der Waals surface area contributed by atoms with Crippen LogP contribution in [0.3, 0.4) is 0 Å². The third-order valence-electron chi connectivity index (χ3n) is 2.28. The van der Waals surface area contributed by atoms with E-state index in [0.717, 1.165) is 0 Å². The van der Waals surface area contributed by atoms with Crippen LogP contribution in [0.25, 0.3) is 5.69 Å². The molecule has 0 aliphatic rings. The van der Waals surface area contributed by atoms with Crippen LogP contribution in [0.5, 0.6) is 5.75 Å². The molecule has 0 spiro atoms. The zero-order valence-electron chi connectivity index (χ0n) is 8.75. The van der Waals surface area contributed by atoms with E-state index in [1.807, 2.05) is 12.1 Å². The summed E-state index contributed by atoms with van der Waals surface area (Å²) in [6.45, 7) is 0. The van der Waals surface area contributed by atoms with E-state index in [1.165, 1.54) is 19.2 Å². The number of hydrogen-bond acceptors (Lipinski definition) is 3. The largest absolute Gasteiger partial charge is 0.506 e. The van der Waals surface area contributed by atoms with Crippen molar-refractivity contribution in [3.8, 4) is 11.4 Å². The van der Waals surface area contributed by atoms with Crippen LogP contribution >= 0.6 is 0 Å². The van der Waals surface area contributed by atoms with Crippen LogP contribution in [0, 0.1) is 0 Å². The Morgan fingerprint density at radius 2 is 2.00 bits per heavy atom. The first kappa shape index (κ1) is 10.3. The van der Waals surface area contributed by atoms with Crippen LogP contribution in [0.15, 0.2) is 42.7 Å². The molecule has 2 aromatic rings. The molecule has 1 heterocycles. The van der Waals surface area contributed by atoms with Gasteiger partial charge in [0.2, 0.25) is 0 Å². The minimum atomic E-state index is -0.423. The van der Waals surface area contributed by atoms with Gasteiger partial charge in [-0.25, -0.2) is 4.79 Å². The molecule has 0 fully saturated rings. The fourth-order valence-electron chi connectivity index (χ4n) is 1.47. The van der Waals surface area contributed by atoms with Crippen molar-refractivity contribution in [1.29, 1.82) is 0 Å². The van der Waals surface area contributed by atoms with E-state index in [1.54, 1.807) is 23.0 Å². The highest BCUT2D eigenvalue weighted by Gasteiger charge is 2.09. The highest BCUT2D eigenvalue weighted by Crippen LogP contribution is 2.23. The number of hydrogen-bond donors (Lipinski definition) is 1. The SMILES string of the molecule is COC(=O)c1ccc(O)c(-n2cccc2)c1. The quantitative estimate of drug-likeness (QED) is 0.782. The average molecular weight is 217 g/mol. The van der Waals surface area contributed by atoms with Gasteiger partial charge in [-0.3, -0.25) is 0 Å². The molecule has 0 amide bonds. The lowest BCUT2D eigenvalue weighted by molar-refractivity contribution is 0.0600. The van der Waals surface area contributed by atoms with Crippen molar-refractivity contribution >= 4 is 5.97 Å². The van der Waals surface area contributed by atoms with Crippen molar-refractivity contribution in [2.75, 3.05) is 7.11 Å². The number of aromatic hydroxyl groups is 1. The molecular weight excluding hydrogens is 206 g/mol. The van der Waals surface area contributed by atoms with Crippen molar-refractivity contribution in [2.45, 2.75) is 0 Å². The van der Waals surface area contributed by atoms with Gasteiger partial charge in [0, 0.05) is 12.4 Å². The van der Waals surface area contributed by atoms with Gasteiger partial charge >= 0.3 is 5.97 Å². The first-order valence-corrected chi connectivity index (χ1v) is 4.77. The Labute approximate surface area is 92.7 Å². The summed E-state index contributed by atoms with van der Waals surface area (Å²) >= 11 is 0. The van der Waals surface area contributed by atoms with E-state index in [4.69, 9.17) is 0 Å². The molecule has 1 aromatic carbocycles. The van der Waals surface area contributed by atoms with E-state index >= 15 is 0 Å². The molecule has 16 heavy (non-hydrogen) atoms. The van der Waals surface area contributed by atoms with Gasteiger partial charge in [0.1, 0.15) is 5.75 Å². The molecule has 0 bridgehead atoms. The molecule has 0 radical (unpaired) electrons. The van der Waals surface area contributed by atoms with Crippen molar-refractivity contribution < 1.29 is 14.6 Å². The summed E-state index contributed by atoms with van der Waals surface area (Å²) in [6, 6.07) is 8.26. The average Bonchev–Trinajstić information content (AvgIpc) is 2.82. The Balaban J connectivity index is 2.49. The molecule has 4 heteroatoms. The second kappa shape index (κ2) is 4.10. The molecular formula is C12H11NO3. The number of phenols is 1. The van der Waals surface area contributed by atoms with Crippen molar-refractivity contribution in [3.05, 3.63) is 48.3 Å². The van der Waals surface area contributed by atoms with E-state index in [9.17, 15) is 9.90 Å². The van der Waals surface area contributed by atoms with Gasteiger partial charge in [-0.2, -0.15) is 0 Å². The van der Waals surface area contributed by atoms with Gasteiger partial charge in [-0.05, 0) is 30.3 Å². The Hall–Kier alpha value is -2.23. The lowest BCUT2D eigenvalue weighted by Gasteiger charge is -2.07. The van der Waals surface area contributed by atoms with Crippen molar-refractivity contribution in [3.63, 3.8) is 0 Å². The second-order valence-corrected chi connectivity index (χ2v) is 3.29.